The molecule has 1 N–H and O–H groups in total. The van der Waals surface area contributed by atoms with E-state index < -0.39 is 0 Å². The van der Waals surface area contributed by atoms with Gasteiger partial charge in [-0.25, -0.2) is 0 Å². The van der Waals surface area contributed by atoms with Crippen molar-refractivity contribution in [2.75, 3.05) is 0 Å². The summed E-state index contributed by atoms with van der Waals surface area (Å²) in [5, 5.41) is 4.13. The van der Waals surface area contributed by atoms with Crippen molar-refractivity contribution in [1.29, 1.82) is 0 Å². The maximum atomic E-state index is 12.6. The summed E-state index contributed by atoms with van der Waals surface area (Å²) in [6, 6.07) is 11.8. The van der Waals surface area contributed by atoms with Crippen LogP contribution in [-0.2, 0) is 20.1 Å². The zero-order valence-electron chi connectivity index (χ0n) is 13.8. The zero-order chi connectivity index (χ0) is 16.4. The van der Waals surface area contributed by atoms with Gasteiger partial charge in [0.2, 0.25) is 0 Å². The fourth-order valence-corrected chi connectivity index (χ4v) is 3.00. The van der Waals surface area contributed by atoms with Gasteiger partial charge in [0, 0.05) is 48.7 Å². The van der Waals surface area contributed by atoms with Crippen LogP contribution in [0.25, 0.3) is 10.9 Å². The average Bonchev–Trinajstić information content (AvgIpc) is 2.51. The number of para-hydroxylation sites is 1. The molecule has 23 heavy (non-hydrogen) atoms. The quantitative estimate of drug-likeness (QED) is 0.806. The van der Waals surface area contributed by atoms with Gasteiger partial charge in [0.15, 0.2) is 5.43 Å². The van der Waals surface area contributed by atoms with Gasteiger partial charge < -0.3 is 9.88 Å². The van der Waals surface area contributed by atoms with E-state index in [2.05, 4.69) is 22.4 Å². The highest BCUT2D eigenvalue weighted by molar-refractivity contribution is 5.79. The number of nitrogens with one attached hydrogen (secondary N) is 1. The first-order valence-corrected chi connectivity index (χ1v) is 7.77. The van der Waals surface area contributed by atoms with Crippen LogP contribution in [0.2, 0.25) is 0 Å². The maximum absolute atomic E-state index is 12.6. The van der Waals surface area contributed by atoms with Gasteiger partial charge in [-0.2, -0.15) is 0 Å². The average molecular weight is 307 g/mol. The van der Waals surface area contributed by atoms with Crippen LogP contribution < -0.4 is 10.7 Å². The van der Waals surface area contributed by atoms with Crippen molar-refractivity contribution in [3.05, 3.63) is 75.3 Å². The third-order valence-corrected chi connectivity index (χ3v) is 3.96. The largest absolute Gasteiger partial charge is 0.350 e. The highest BCUT2D eigenvalue weighted by Gasteiger charge is 2.07. The van der Waals surface area contributed by atoms with Crippen molar-refractivity contribution >= 4 is 10.9 Å². The standard InChI is InChI=1S/C19H21N3O/c1-13-8-15(9-14(2)21-13)10-20-11-16-12-22(3)18-7-5-4-6-17(18)19(16)23/h4-9,12,20H,10-11H2,1-3H3. The van der Waals surface area contributed by atoms with Gasteiger partial charge in [0.25, 0.3) is 0 Å². The van der Waals surface area contributed by atoms with Crippen LogP contribution in [0.1, 0.15) is 22.5 Å². The molecule has 2 heterocycles. The monoisotopic (exact) mass is 307 g/mol. The first-order valence-electron chi connectivity index (χ1n) is 7.77. The van der Waals surface area contributed by atoms with Crippen molar-refractivity contribution in [3.8, 4) is 0 Å². The number of benzene rings is 1. The lowest BCUT2D eigenvalue weighted by Crippen LogP contribution is -2.21. The van der Waals surface area contributed by atoms with Crippen molar-refractivity contribution in [1.82, 2.24) is 14.9 Å². The molecule has 0 aliphatic heterocycles. The Kier molecular flexibility index (Phi) is 4.26. The molecule has 118 valence electrons. The van der Waals surface area contributed by atoms with Crippen LogP contribution in [0.15, 0.2) is 47.4 Å². The smallest absolute Gasteiger partial charge is 0.193 e. The molecule has 4 heteroatoms. The topological polar surface area (TPSA) is 46.9 Å². The zero-order valence-corrected chi connectivity index (χ0v) is 13.8. The number of hydrogen-bond donors (Lipinski definition) is 1. The number of rotatable bonds is 4. The predicted octanol–water partition coefficient (Wildman–Crippen LogP) is 2.84. The summed E-state index contributed by atoms with van der Waals surface area (Å²) < 4.78 is 2.01. The van der Waals surface area contributed by atoms with E-state index in [4.69, 9.17) is 0 Å². The van der Waals surface area contributed by atoms with Crippen LogP contribution in [0.5, 0.6) is 0 Å². The molecule has 0 fully saturated rings. The SMILES string of the molecule is Cc1cc(CNCc2cn(C)c3ccccc3c2=O)cc(C)n1. The van der Waals surface area contributed by atoms with Crippen LogP contribution in [0.3, 0.4) is 0 Å². The lowest BCUT2D eigenvalue weighted by molar-refractivity contribution is 0.683. The molecule has 0 radical (unpaired) electrons. The summed E-state index contributed by atoms with van der Waals surface area (Å²) in [6.45, 7) is 5.27. The third kappa shape index (κ3) is 3.32. The third-order valence-electron chi connectivity index (χ3n) is 3.96. The molecule has 0 atom stereocenters. The molecular weight excluding hydrogens is 286 g/mol. The van der Waals surface area contributed by atoms with Crippen molar-refractivity contribution in [2.24, 2.45) is 7.05 Å². The fourth-order valence-electron chi connectivity index (χ4n) is 3.00. The Morgan fingerprint density at radius 2 is 1.78 bits per heavy atom. The second kappa shape index (κ2) is 6.34. The minimum atomic E-state index is 0.105. The first-order chi connectivity index (χ1) is 11.0. The van der Waals surface area contributed by atoms with Gasteiger partial charge >= 0.3 is 0 Å². The molecular formula is C19H21N3O. The van der Waals surface area contributed by atoms with Crippen LogP contribution in [-0.4, -0.2) is 9.55 Å². The Labute approximate surface area is 135 Å². The number of aryl methyl sites for hydroxylation is 3. The van der Waals surface area contributed by atoms with E-state index in [0.717, 1.165) is 34.4 Å². The fraction of sp³-hybridized carbons (Fsp3) is 0.263. The molecule has 0 bridgehead atoms. The summed E-state index contributed by atoms with van der Waals surface area (Å²) in [7, 11) is 1.97. The molecule has 0 unspecified atom stereocenters. The molecule has 0 aliphatic carbocycles. The van der Waals surface area contributed by atoms with Crippen LogP contribution in [0, 0.1) is 13.8 Å². The predicted molar refractivity (Wildman–Crippen MR) is 93.4 cm³/mol. The van der Waals surface area contributed by atoms with Crippen molar-refractivity contribution < 1.29 is 0 Å². The molecule has 3 rings (SSSR count). The second-order valence-electron chi connectivity index (χ2n) is 5.97. The summed E-state index contributed by atoms with van der Waals surface area (Å²) in [6.07, 6.45) is 1.92. The van der Waals surface area contributed by atoms with E-state index in [9.17, 15) is 4.79 Å². The Morgan fingerprint density at radius 3 is 2.52 bits per heavy atom. The molecule has 2 aromatic heterocycles. The van der Waals surface area contributed by atoms with E-state index >= 15 is 0 Å². The Hall–Kier alpha value is -2.46. The minimum Gasteiger partial charge on any atom is -0.350 e. The van der Waals surface area contributed by atoms with Gasteiger partial charge in [-0.3, -0.25) is 9.78 Å². The van der Waals surface area contributed by atoms with Gasteiger partial charge in [-0.05, 0) is 43.7 Å². The van der Waals surface area contributed by atoms with Crippen molar-refractivity contribution in [3.63, 3.8) is 0 Å². The first kappa shape index (κ1) is 15.4. The molecule has 3 aromatic rings. The Balaban J connectivity index is 1.80. The summed E-state index contributed by atoms with van der Waals surface area (Å²) in [5.74, 6) is 0. The molecule has 0 amide bonds. The molecule has 0 saturated heterocycles. The lowest BCUT2D eigenvalue weighted by atomic mass is 10.1. The number of pyridine rings is 2. The lowest BCUT2D eigenvalue weighted by Gasteiger charge is -2.10. The molecule has 0 aliphatic rings. The normalized spacial score (nSPS) is 11.1. The minimum absolute atomic E-state index is 0.105. The summed E-state index contributed by atoms with van der Waals surface area (Å²) in [4.78, 5) is 16.9. The van der Waals surface area contributed by atoms with Gasteiger partial charge in [0.05, 0.1) is 5.52 Å². The van der Waals surface area contributed by atoms with Crippen molar-refractivity contribution in [2.45, 2.75) is 26.9 Å². The van der Waals surface area contributed by atoms with E-state index in [1.54, 1.807) is 0 Å². The van der Waals surface area contributed by atoms with Gasteiger partial charge in [-0.15, -0.1) is 0 Å². The number of fused-ring (bicyclic) bond motifs is 1. The number of nitrogens with zero attached hydrogens (tertiary/aromatic N) is 2. The Bertz CT molecular complexity index is 892. The second-order valence-corrected chi connectivity index (χ2v) is 5.97. The molecule has 0 saturated carbocycles. The highest BCUT2D eigenvalue weighted by atomic mass is 16.1. The van der Waals surface area contributed by atoms with E-state index in [1.165, 1.54) is 5.56 Å². The van der Waals surface area contributed by atoms with E-state index in [-0.39, 0.29) is 5.43 Å². The van der Waals surface area contributed by atoms with Crippen LogP contribution >= 0.6 is 0 Å². The molecule has 4 nitrogen and oxygen atoms in total. The van der Waals surface area contributed by atoms with Gasteiger partial charge in [-0.1, -0.05) is 12.1 Å². The summed E-state index contributed by atoms with van der Waals surface area (Å²) >= 11 is 0. The Morgan fingerprint density at radius 1 is 1.09 bits per heavy atom. The number of aromatic nitrogens is 2. The van der Waals surface area contributed by atoms with E-state index in [0.29, 0.717) is 6.54 Å². The molecule has 0 spiro atoms. The molecule has 1 aromatic carbocycles. The van der Waals surface area contributed by atoms with Gasteiger partial charge in [0.1, 0.15) is 0 Å². The summed E-state index contributed by atoms with van der Waals surface area (Å²) in [5.41, 5.74) is 5.07. The maximum Gasteiger partial charge on any atom is 0.193 e. The number of hydrogen-bond acceptors (Lipinski definition) is 3. The highest BCUT2D eigenvalue weighted by Crippen LogP contribution is 2.10. The van der Waals surface area contributed by atoms with E-state index in [1.807, 2.05) is 55.9 Å². The van der Waals surface area contributed by atoms with Crippen LogP contribution in [0.4, 0.5) is 0 Å².